The average Bonchev–Trinajstić information content (AvgIpc) is 3.27. The summed E-state index contributed by atoms with van der Waals surface area (Å²) in [6.45, 7) is 4.14. The molecule has 1 aromatic carbocycles. The second-order valence-corrected chi connectivity index (χ2v) is 6.70. The monoisotopic (exact) mass is 352 g/mol. The van der Waals surface area contributed by atoms with Gasteiger partial charge in [0.2, 0.25) is 0 Å². The van der Waals surface area contributed by atoms with Gasteiger partial charge in [0.05, 0.1) is 19.3 Å². The lowest BCUT2D eigenvalue weighted by atomic mass is 10.0. The molecule has 0 aliphatic carbocycles. The fraction of sp³-hybridized carbons (Fsp3) is 0.421. The van der Waals surface area contributed by atoms with E-state index in [4.69, 9.17) is 15.6 Å². The molecule has 0 radical (unpaired) electrons. The van der Waals surface area contributed by atoms with Crippen LogP contribution >= 0.6 is 0 Å². The third kappa shape index (κ3) is 3.27. The van der Waals surface area contributed by atoms with Gasteiger partial charge in [0.15, 0.2) is 5.65 Å². The van der Waals surface area contributed by atoms with Gasteiger partial charge in [0.25, 0.3) is 0 Å². The normalized spacial score (nSPS) is 17.8. The van der Waals surface area contributed by atoms with Crippen molar-refractivity contribution in [3.05, 3.63) is 47.9 Å². The van der Waals surface area contributed by atoms with E-state index in [1.165, 1.54) is 5.56 Å². The van der Waals surface area contributed by atoms with Crippen molar-refractivity contribution in [2.75, 3.05) is 26.7 Å². The van der Waals surface area contributed by atoms with Crippen LogP contribution in [0.1, 0.15) is 23.6 Å². The molecule has 0 saturated carbocycles. The van der Waals surface area contributed by atoms with E-state index in [9.17, 15) is 0 Å². The van der Waals surface area contributed by atoms with Crippen molar-refractivity contribution >= 4 is 11.2 Å². The fourth-order valence-corrected chi connectivity index (χ4v) is 3.71. The lowest BCUT2D eigenvalue weighted by Crippen LogP contribution is -2.20. The van der Waals surface area contributed by atoms with Gasteiger partial charge in [-0.2, -0.15) is 5.10 Å². The van der Waals surface area contributed by atoms with E-state index in [1.54, 1.807) is 19.5 Å². The fourth-order valence-electron chi connectivity index (χ4n) is 3.71. The van der Waals surface area contributed by atoms with Crippen LogP contribution in [0.5, 0.6) is 5.75 Å². The van der Waals surface area contributed by atoms with Crippen molar-refractivity contribution < 1.29 is 4.74 Å². The molecule has 1 saturated heterocycles. The van der Waals surface area contributed by atoms with Gasteiger partial charge in [-0.1, -0.05) is 12.1 Å². The van der Waals surface area contributed by atoms with Gasteiger partial charge in [-0.05, 0) is 30.7 Å². The van der Waals surface area contributed by atoms with Crippen LogP contribution in [-0.2, 0) is 13.1 Å². The minimum atomic E-state index is 0.374. The first-order valence-electron chi connectivity index (χ1n) is 9.01. The Balaban J connectivity index is 1.52. The number of aromatic nitrogens is 4. The number of hydrogen-bond acceptors (Lipinski definition) is 6. The van der Waals surface area contributed by atoms with Gasteiger partial charge >= 0.3 is 0 Å². The molecule has 1 fully saturated rings. The Hall–Kier alpha value is -2.51. The summed E-state index contributed by atoms with van der Waals surface area (Å²) in [6.07, 6.45) is 4.53. The molecule has 7 nitrogen and oxygen atoms in total. The van der Waals surface area contributed by atoms with Crippen LogP contribution in [0.15, 0.2) is 36.7 Å². The summed E-state index contributed by atoms with van der Waals surface area (Å²) in [7, 11) is 1.70. The average molecular weight is 352 g/mol. The van der Waals surface area contributed by atoms with E-state index >= 15 is 0 Å². The Morgan fingerprint density at radius 3 is 3.00 bits per heavy atom. The number of rotatable bonds is 6. The van der Waals surface area contributed by atoms with Crippen LogP contribution in [0, 0.1) is 0 Å². The summed E-state index contributed by atoms with van der Waals surface area (Å²) >= 11 is 0. The maximum Gasteiger partial charge on any atom is 0.177 e. The van der Waals surface area contributed by atoms with E-state index in [2.05, 4.69) is 27.0 Å². The van der Waals surface area contributed by atoms with Crippen molar-refractivity contribution in [2.24, 2.45) is 5.73 Å². The van der Waals surface area contributed by atoms with Crippen LogP contribution in [-0.4, -0.2) is 51.4 Å². The van der Waals surface area contributed by atoms with Gasteiger partial charge in [-0.3, -0.25) is 4.90 Å². The molecule has 2 aromatic heterocycles. The summed E-state index contributed by atoms with van der Waals surface area (Å²) in [5.41, 5.74) is 9.78. The number of fused-ring (bicyclic) bond motifs is 1. The first-order chi connectivity index (χ1) is 12.8. The topological polar surface area (TPSA) is 82.1 Å². The van der Waals surface area contributed by atoms with Crippen LogP contribution < -0.4 is 10.5 Å². The molecular weight excluding hydrogens is 328 g/mol. The lowest BCUT2D eigenvalue weighted by molar-refractivity contribution is 0.325. The number of nitrogens with zero attached hydrogens (tertiary/aromatic N) is 5. The predicted octanol–water partition coefficient (Wildman–Crippen LogP) is 1.78. The molecule has 0 bridgehead atoms. The molecule has 7 heteroatoms. The number of hydrogen-bond donors (Lipinski definition) is 1. The highest BCUT2D eigenvalue weighted by Crippen LogP contribution is 2.31. The van der Waals surface area contributed by atoms with Gasteiger partial charge in [0.1, 0.15) is 11.3 Å². The van der Waals surface area contributed by atoms with E-state index in [-0.39, 0.29) is 0 Å². The van der Waals surface area contributed by atoms with E-state index < -0.39 is 0 Å². The van der Waals surface area contributed by atoms with Crippen LogP contribution in [0.2, 0.25) is 0 Å². The molecule has 1 atom stereocenters. The third-order valence-electron chi connectivity index (χ3n) is 4.93. The molecule has 0 amide bonds. The molecule has 3 heterocycles. The third-order valence-corrected chi connectivity index (χ3v) is 4.93. The first kappa shape index (κ1) is 16.9. The van der Waals surface area contributed by atoms with E-state index in [0.717, 1.165) is 48.7 Å². The van der Waals surface area contributed by atoms with E-state index in [1.807, 2.05) is 16.8 Å². The largest absolute Gasteiger partial charge is 0.497 e. The highest BCUT2D eigenvalue weighted by atomic mass is 16.5. The Bertz CT molecular complexity index is 893. The predicted molar refractivity (Wildman–Crippen MR) is 100 cm³/mol. The minimum absolute atomic E-state index is 0.374. The summed E-state index contributed by atoms with van der Waals surface area (Å²) in [5, 5.41) is 4.79. The Morgan fingerprint density at radius 1 is 1.27 bits per heavy atom. The standard InChI is InChI=1S/C19H24N6O/c1-26-16-4-2-3-14(11-16)12-24-9-5-15(13-24)17-18-19(22-8-7-21-18)25(23-17)10-6-20/h2-4,7-8,11,15H,5-6,9-10,12-13,20H2,1H3/t15-/m1/s1. The van der Waals surface area contributed by atoms with Crippen molar-refractivity contribution in [3.8, 4) is 5.75 Å². The van der Waals surface area contributed by atoms with E-state index in [0.29, 0.717) is 19.0 Å². The second kappa shape index (κ2) is 7.39. The molecule has 0 unspecified atom stereocenters. The summed E-state index contributed by atoms with van der Waals surface area (Å²) in [4.78, 5) is 11.5. The Morgan fingerprint density at radius 2 is 2.15 bits per heavy atom. The Labute approximate surface area is 152 Å². The molecule has 1 aliphatic heterocycles. The first-order valence-corrected chi connectivity index (χ1v) is 9.01. The number of likely N-dealkylation sites (tertiary alicyclic amines) is 1. The quantitative estimate of drug-likeness (QED) is 0.728. The lowest BCUT2D eigenvalue weighted by Gasteiger charge is -2.16. The summed E-state index contributed by atoms with van der Waals surface area (Å²) < 4.78 is 7.22. The molecule has 26 heavy (non-hydrogen) atoms. The smallest absolute Gasteiger partial charge is 0.177 e. The highest BCUT2D eigenvalue weighted by molar-refractivity contribution is 5.73. The molecule has 0 spiro atoms. The van der Waals surface area contributed by atoms with Crippen molar-refractivity contribution in [3.63, 3.8) is 0 Å². The van der Waals surface area contributed by atoms with Gasteiger partial charge in [-0.25, -0.2) is 14.6 Å². The number of benzene rings is 1. The molecule has 1 aliphatic rings. The maximum atomic E-state index is 5.72. The van der Waals surface area contributed by atoms with Gasteiger partial charge in [-0.15, -0.1) is 0 Å². The maximum absolute atomic E-state index is 5.72. The van der Waals surface area contributed by atoms with Crippen molar-refractivity contribution in [1.29, 1.82) is 0 Å². The molecule has 136 valence electrons. The van der Waals surface area contributed by atoms with Gasteiger partial charge < -0.3 is 10.5 Å². The molecule has 3 aromatic rings. The summed E-state index contributed by atoms with van der Waals surface area (Å²) in [6, 6.07) is 8.27. The molecule has 4 rings (SSSR count). The molecular formula is C19H24N6O. The number of ether oxygens (including phenoxy) is 1. The number of methoxy groups -OCH3 is 1. The SMILES string of the molecule is COc1cccc(CN2CC[C@@H](c3nn(CCN)c4nccnc34)C2)c1. The minimum Gasteiger partial charge on any atom is -0.497 e. The zero-order chi connectivity index (χ0) is 17.9. The second-order valence-electron chi connectivity index (χ2n) is 6.70. The molecule has 2 N–H and O–H groups in total. The zero-order valence-corrected chi connectivity index (χ0v) is 15.0. The summed E-state index contributed by atoms with van der Waals surface area (Å²) in [5.74, 6) is 1.28. The van der Waals surface area contributed by atoms with Crippen LogP contribution in [0.25, 0.3) is 11.2 Å². The van der Waals surface area contributed by atoms with Crippen LogP contribution in [0.3, 0.4) is 0 Å². The number of nitrogens with two attached hydrogens (primary N) is 1. The van der Waals surface area contributed by atoms with Crippen molar-refractivity contribution in [1.82, 2.24) is 24.6 Å². The van der Waals surface area contributed by atoms with Gasteiger partial charge in [0, 0.05) is 37.9 Å². The van der Waals surface area contributed by atoms with Crippen molar-refractivity contribution in [2.45, 2.75) is 25.4 Å². The highest BCUT2D eigenvalue weighted by Gasteiger charge is 2.29. The Kier molecular flexibility index (Phi) is 4.81. The van der Waals surface area contributed by atoms with Crippen LogP contribution in [0.4, 0.5) is 0 Å². The zero-order valence-electron chi connectivity index (χ0n) is 15.0.